The SMILES string of the molecule is CC(CN(C(=O)C1CC1)c1cccc(C#N)c1)C(=O)O. The first kappa shape index (κ1) is 14.1. The molecule has 1 unspecified atom stereocenters. The summed E-state index contributed by atoms with van der Waals surface area (Å²) in [7, 11) is 0. The Morgan fingerprint density at radius 3 is 2.75 bits per heavy atom. The molecule has 0 heterocycles. The van der Waals surface area contributed by atoms with E-state index < -0.39 is 11.9 Å². The molecule has 0 aromatic heterocycles. The molecule has 5 heteroatoms. The van der Waals surface area contributed by atoms with Crippen molar-refractivity contribution in [2.75, 3.05) is 11.4 Å². The third kappa shape index (κ3) is 3.15. The van der Waals surface area contributed by atoms with Gasteiger partial charge >= 0.3 is 5.97 Å². The van der Waals surface area contributed by atoms with Gasteiger partial charge in [-0.25, -0.2) is 0 Å². The molecular formula is C15H16N2O3. The molecule has 1 amide bonds. The lowest BCUT2D eigenvalue weighted by atomic mass is 10.1. The van der Waals surface area contributed by atoms with E-state index in [1.54, 1.807) is 31.2 Å². The molecule has 0 spiro atoms. The Hall–Kier alpha value is -2.35. The molecule has 1 aliphatic rings. The second-order valence-electron chi connectivity index (χ2n) is 5.12. The summed E-state index contributed by atoms with van der Waals surface area (Å²) in [6, 6.07) is 8.74. The molecule has 1 aliphatic carbocycles. The average molecular weight is 272 g/mol. The molecule has 1 fully saturated rings. The van der Waals surface area contributed by atoms with E-state index in [4.69, 9.17) is 10.4 Å². The summed E-state index contributed by atoms with van der Waals surface area (Å²) in [4.78, 5) is 24.8. The fraction of sp³-hybridized carbons (Fsp3) is 0.400. The van der Waals surface area contributed by atoms with E-state index >= 15 is 0 Å². The van der Waals surface area contributed by atoms with Crippen LogP contribution < -0.4 is 4.90 Å². The Balaban J connectivity index is 2.27. The summed E-state index contributed by atoms with van der Waals surface area (Å²) in [6.07, 6.45) is 1.71. The van der Waals surface area contributed by atoms with Gasteiger partial charge in [0.15, 0.2) is 0 Å². The highest BCUT2D eigenvalue weighted by Crippen LogP contribution is 2.33. The topological polar surface area (TPSA) is 81.4 Å². The van der Waals surface area contributed by atoms with Crippen LogP contribution in [0.3, 0.4) is 0 Å². The Morgan fingerprint density at radius 2 is 2.20 bits per heavy atom. The lowest BCUT2D eigenvalue weighted by molar-refractivity contribution is -0.140. The van der Waals surface area contributed by atoms with Crippen LogP contribution in [-0.2, 0) is 9.59 Å². The fourth-order valence-electron chi connectivity index (χ4n) is 1.97. The molecule has 1 saturated carbocycles. The molecule has 0 saturated heterocycles. The van der Waals surface area contributed by atoms with Gasteiger partial charge in [0.25, 0.3) is 0 Å². The number of carboxylic acids is 1. The number of nitrogens with zero attached hydrogens (tertiary/aromatic N) is 2. The van der Waals surface area contributed by atoms with E-state index in [0.717, 1.165) is 12.8 Å². The zero-order chi connectivity index (χ0) is 14.7. The number of amides is 1. The van der Waals surface area contributed by atoms with Crippen LogP contribution in [0.5, 0.6) is 0 Å². The standard InChI is InChI=1S/C15H16N2O3/c1-10(15(19)20)9-17(14(18)12-5-6-12)13-4-2-3-11(7-13)8-16/h2-4,7,10,12H,5-6,9H2,1H3,(H,19,20). The van der Waals surface area contributed by atoms with Crippen LogP contribution in [0.4, 0.5) is 5.69 Å². The van der Waals surface area contributed by atoms with Crippen molar-refractivity contribution >= 4 is 17.6 Å². The number of nitriles is 1. The summed E-state index contributed by atoms with van der Waals surface area (Å²) in [6.45, 7) is 1.70. The van der Waals surface area contributed by atoms with Crippen LogP contribution in [0.15, 0.2) is 24.3 Å². The monoisotopic (exact) mass is 272 g/mol. The predicted molar refractivity (Wildman–Crippen MR) is 73.0 cm³/mol. The van der Waals surface area contributed by atoms with Crippen LogP contribution in [-0.4, -0.2) is 23.5 Å². The summed E-state index contributed by atoms with van der Waals surface area (Å²) >= 11 is 0. The van der Waals surface area contributed by atoms with E-state index in [0.29, 0.717) is 11.3 Å². The highest BCUT2D eigenvalue weighted by molar-refractivity contribution is 5.97. The average Bonchev–Trinajstić information content (AvgIpc) is 3.28. The number of hydrogen-bond donors (Lipinski definition) is 1. The largest absolute Gasteiger partial charge is 0.481 e. The minimum Gasteiger partial charge on any atom is -0.481 e. The number of hydrogen-bond acceptors (Lipinski definition) is 3. The fourth-order valence-corrected chi connectivity index (χ4v) is 1.97. The van der Waals surface area contributed by atoms with E-state index in [2.05, 4.69) is 0 Å². The summed E-state index contributed by atoms with van der Waals surface area (Å²) < 4.78 is 0. The molecule has 20 heavy (non-hydrogen) atoms. The second-order valence-corrected chi connectivity index (χ2v) is 5.12. The first-order valence-corrected chi connectivity index (χ1v) is 6.57. The normalized spacial score (nSPS) is 15.2. The Morgan fingerprint density at radius 1 is 1.50 bits per heavy atom. The number of anilines is 1. The van der Waals surface area contributed by atoms with Gasteiger partial charge < -0.3 is 10.0 Å². The Bertz CT molecular complexity index is 573. The molecule has 1 N–H and O–H groups in total. The van der Waals surface area contributed by atoms with Crippen LogP contribution in [0.1, 0.15) is 25.3 Å². The van der Waals surface area contributed by atoms with Crippen molar-refractivity contribution in [2.45, 2.75) is 19.8 Å². The van der Waals surface area contributed by atoms with Crippen LogP contribution in [0.2, 0.25) is 0 Å². The lowest BCUT2D eigenvalue weighted by Gasteiger charge is -2.25. The van der Waals surface area contributed by atoms with Gasteiger partial charge in [0.05, 0.1) is 17.6 Å². The van der Waals surface area contributed by atoms with Crippen molar-refractivity contribution < 1.29 is 14.7 Å². The number of carboxylic acid groups (broad SMARTS) is 1. The summed E-state index contributed by atoms with van der Waals surface area (Å²) in [5, 5.41) is 18.0. The lowest BCUT2D eigenvalue weighted by Crippen LogP contribution is -2.38. The first-order chi connectivity index (χ1) is 9.52. The zero-order valence-electron chi connectivity index (χ0n) is 11.2. The van der Waals surface area contributed by atoms with Crippen molar-refractivity contribution in [3.8, 4) is 6.07 Å². The summed E-state index contributed by atoms with van der Waals surface area (Å²) in [5.41, 5.74) is 1.05. The van der Waals surface area contributed by atoms with Crippen molar-refractivity contribution in [3.05, 3.63) is 29.8 Å². The number of carbonyl (C=O) groups excluding carboxylic acids is 1. The maximum absolute atomic E-state index is 12.3. The van der Waals surface area contributed by atoms with Crippen molar-refractivity contribution in [1.82, 2.24) is 0 Å². The van der Waals surface area contributed by atoms with Crippen LogP contribution in [0.25, 0.3) is 0 Å². The second kappa shape index (κ2) is 5.74. The number of rotatable bonds is 5. The van der Waals surface area contributed by atoms with E-state index in [1.165, 1.54) is 4.90 Å². The Labute approximate surface area is 117 Å². The van der Waals surface area contributed by atoms with Gasteiger partial charge in [-0.15, -0.1) is 0 Å². The number of aliphatic carboxylic acids is 1. The van der Waals surface area contributed by atoms with Gasteiger partial charge in [-0.05, 0) is 31.0 Å². The first-order valence-electron chi connectivity index (χ1n) is 6.57. The van der Waals surface area contributed by atoms with E-state index in [1.807, 2.05) is 6.07 Å². The number of carbonyl (C=O) groups is 2. The molecule has 0 bridgehead atoms. The predicted octanol–water partition coefficient (Wildman–Crippen LogP) is 2.02. The maximum Gasteiger partial charge on any atom is 0.308 e. The van der Waals surface area contributed by atoms with E-state index in [-0.39, 0.29) is 18.4 Å². The van der Waals surface area contributed by atoms with Gasteiger partial charge in [-0.3, -0.25) is 9.59 Å². The Kier molecular flexibility index (Phi) is 4.04. The molecule has 2 rings (SSSR count). The third-order valence-corrected chi connectivity index (χ3v) is 3.36. The van der Waals surface area contributed by atoms with Gasteiger partial charge in [0.1, 0.15) is 0 Å². The van der Waals surface area contributed by atoms with Crippen molar-refractivity contribution in [1.29, 1.82) is 5.26 Å². The van der Waals surface area contributed by atoms with E-state index in [9.17, 15) is 9.59 Å². The molecule has 1 aromatic carbocycles. The molecular weight excluding hydrogens is 256 g/mol. The van der Waals surface area contributed by atoms with Gasteiger partial charge in [-0.2, -0.15) is 5.26 Å². The minimum absolute atomic E-state index is 0.00161. The maximum atomic E-state index is 12.3. The molecule has 5 nitrogen and oxygen atoms in total. The highest BCUT2D eigenvalue weighted by atomic mass is 16.4. The smallest absolute Gasteiger partial charge is 0.308 e. The van der Waals surface area contributed by atoms with Gasteiger partial charge in [0, 0.05) is 18.2 Å². The molecule has 0 aliphatic heterocycles. The molecule has 1 atom stereocenters. The molecule has 0 radical (unpaired) electrons. The minimum atomic E-state index is -0.935. The number of benzene rings is 1. The van der Waals surface area contributed by atoms with Crippen molar-refractivity contribution in [2.24, 2.45) is 11.8 Å². The van der Waals surface area contributed by atoms with Gasteiger partial charge in [-0.1, -0.05) is 13.0 Å². The zero-order valence-corrected chi connectivity index (χ0v) is 11.2. The third-order valence-electron chi connectivity index (χ3n) is 3.36. The van der Waals surface area contributed by atoms with Gasteiger partial charge in [0.2, 0.25) is 5.91 Å². The van der Waals surface area contributed by atoms with Crippen molar-refractivity contribution in [3.63, 3.8) is 0 Å². The quantitative estimate of drug-likeness (QED) is 0.889. The van der Waals surface area contributed by atoms with Crippen LogP contribution >= 0.6 is 0 Å². The van der Waals surface area contributed by atoms with Crippen LogP contribution in [0, 0.1) is 23.2 Å². The summed E-state index contributed by atoms with van der Waals surface area (Å²) in [5.74, 6) is -1.63. The highest BCUT2D eigenvalue weighted by Gasteiger charge is 2.35. The molecule has 104 valence electrons. The molecule has 1 aromatic rings.